The van der Waals surface area contributed by atoms with Crippen LogP contribution in [0.1, 0.15) is 17.4 Å². The molecule has 2 heterocycles. The molecule has 7 heteroatoms. The van der Waals surface area contributed by atoms with E-state index >= 15 is 0 Å². The van der Waals surface area contributed by atoms with Crippen molar-refractivity contribution in [3.8, 4) is 0 Å². The molecule has 1 aromatic heterocycles. The Hall–Kier alpha value is -0.600. The Morgan fingerprint density at radius 3 is 3.06 bits per heavy atom. The maximum absolute atomic E-state index is 11.1. The third kappa shape index (κ3) is 2.70. The molecule has 1 saturated heterocycles. The fourth-order valence-corrected chi connectivity index (χ4v) is 2.54. The molecule has 5 nitrogen and oxygen atoms in total. The first-order chi connectivity index (χ1) is 8.50. The van der Waals surface area contributed by atoms with Gasteiger partial charge in [-0.1, -0.05) is 11.6 Å². The second kappa shape index (κ2) is 5.58. The van der Waals surface area contributed by atoms with E-state index < -0.39 is 5.97 Å². The molecule has 0 aromatic carbocycles. The zero-order valence-electron chi connectivity index (χ0n) is 9.69. The van der Waals surface area contributed by atoms with Gasteiger partial charge in [0.1, 0.15) is 5.82 Å². The number of ether oxygens (including phenoxy) is 1. The minimum absolute atomic E-state index is 0.00297. The van der Waals surface area contributed by atoms with Crippen LogP contribution in [0.4, 0.5) is 5.82 Å². The zero-order chi connectivity index (χ0) is 13.3. The molecule has 0 radical (unpaired) electrons. The molecule has 1 aliphatic heterocycles. The van der Waals surface area contributed by atoms with Crippen LogP contribution in [-0.4, -0.2) is 41.9 Å². The molecule has 1 atom stereocenters. The Kier molecular flexibility index (Phi) is 4.29. The van der Waals surface area contributed by atoms with E-state index in [9.17, 15) is 4.79 Å². The van der Waals surface area contributed by atoms with E-state index in [2.05, 4.69) is 4.98 Å². The van der Waals surface area contributed by atoms with Crippen LogP contribution in [0.25, 0.3) is 0 Å². The Balaban J connectivity index is 2.41. The number of carboxylic acids is 1. The average Bonchev–Trinajstić information content (AvgIpc) is 2.33. The van der Waals surface area contributed by atoms with Gasteiger partial charge in [0.05, 0.1) is 27.8 Å². The average molecular weight is 383 g/mol. The molecule has 98 valence electrons. The highest BCUT2D eigenvalue weighted by atomic mass is 127. The van der Waals surface area contributed by atoms with Gasteiger partial charge in [-0.25, -0.2) is 9.78 Å². The van der Waals surface area contributed by atoms with Crippen LogP contribution in [0.15, 0.2) is 6.07 Å². The first kappa shape index (κ1) is 13.8. The van der Waals surface area contributed by atoms with Crippen LogP contribution in [-0.2, 0) is 4.74 Å². The van der Waals surface area contributed by atoms with Gasteiger partial charge in [-0.15, -0.1) is 0 Å². The summed E-state index contributed by atoms with van der Waals surface area (Å²) in [5, 5.41) is 9.52. The Morgan fingerprint density at radius 2 is 2.44 bits per heavy atom. The number of anilines is 1. The minimum atomic E-state index is -1.07. The van der Waals surface area contributed by atoms with Crippen molar-refractivity contribution in [1.82, 2.24) is 4.98 Å². The molecule has 0 saturated carbocycles. The zero-order valence-corrected chi connectivity index (χ0v) is 12.6. The third-order valence-corrected chi connectivity index (χ3v) is 4.47. The lowest BCUT2D eigenvalue weighted by Crippen LogP contribution is -2.44. The topological polar surface area (TPSA) is 62.7 Å². The van der Waals surface area contributed by atoms with Crippen molar-refractivity contribution in [2.45, 2.75) is 13.0 Å². The summed E-state index contributed by atoms with van der Waals surface area (Å²) in [4.78, 5) is 17.3. The molecule has 1 N–H and O–H groups in total. The summed E-state index contributed by atoms with van der Waals surface area (Å²) in [6.45, 7) is 3.91. The molecule has 1 aromatic rings. The summed E-state index contributed by atoms with van der Waals surface area (Å²) in [5.41, 5.74) is -0.00297. The monoisotopic (exact) mass is 382 g/mol. The first-order valence-electron chi connectivity index (χ1n) is 5.44. The molecule has 0 amide bonds. The van der Waals surface area contributed by atoms with E-state index in [1.165, 1.54) is 0 Å². The summed E-state index contributed by atoms with van der Waals surface area (Å²) in [7, 11) is 0. The fraction of sp³-hybridized carbons (Fsp3) is 0.455. The highest BCUT2D eigenvalue weighted by molar-refractivity contribution is 14.1. The van der Waals surface area contributed by atoms with Gasteiger partial charge in [0.2, 0.25) is 0 Å². The number of carboxylic acid groups (broad SMARTS) is 1. The van der Waals surface area contributed by atoms with Crippen LogP contribution in [0.5, 0.6) is 0 Å². The van der Waals surface area contributed by atoms with Crippen molar-refractivity contribution in [3.05, 3.63) is 20.4 Å². The van der Waals surface area contributed by atoms with E-state index in [1.807, 2.05) is 34.4 Å². The number of pyridine rings is 1. The fourth-order valence-electron chi connectivity index (χ4n) is 1.84. The third-order valence-electron chi connectivity index (χ3n) is 2.76. The van der Waals surface area contributed by atoms with E-state index in [0.717, 1.165) is 0 Å². The summed E-state index contributed by atoms with van der Waals surface area (Å²) in [6, 6.07) is 1.86. The summed E-state index contributed by atoms with van der Waals surface area (Å²) < 4.78 is 5.81. The lowest BCUT2D eigenvalue weighted by Gasteiger charge is -2.34. The summed E-state index contributed by atoms with van der Waals surface area (Å²) in [5.74, 6) is -0.474. The number of aromatic carboxylic acids is 1. The van der Waals surface area contributed by atoms with Gasteiger partial charge in [0.25, 0.3) is 0 Å². The van der Waals surface area contributed by atoms with Gasteiger partial charge >= 0.3 is 5.97 Å². The van der Waals surface area contributed by atoms with E-state index in [1.54, 1.807) is 6.07 Å². The van der Waals surface area contributed by atoms with Gasteiger partial charge in [-0.05, 0) is 29.5 Å². The van der Waals surface area contributed by atoms with Crippen LogP contribution in [0.2, 0.25) is 5.02 Å². The van der Waals surface area contributed by atoms with Gasteiger partial charge in [0, 0.05) is 12.6 Å². The molecule has 0 spiro atoms. The van der Waals surface area contributed by atoms with Crippen LogP contribution in [0, 0.1) is 3.57 Å². The van der Waals surface area contributed by atoms with Gasteiger partial charge in [-0.3, -0.25) is 0 Å². The van der Waals surface area contributed by atoms with Crippen LogP contribution >= 0.6 is 34.2 Å². The lowest BCUT2D eigenvalue weighted by molar-refractivity contribution is 0.0689. The highest BCUT2D eigenvalue weighted by Crippen LogP contribution is 2.27. The molecule has 1 fully saturated rings. The normalized spacial score (nSPS) is 19.9. The van der Waals surface area contributed by atoms with Crippen molar-refractivity contribution in [3.63, 3.8) is 0 Å². The van der Waals surface area contributed by atoms with Gasteiger partial charge in [-0.2, -0.15) is 0 Å². The molecule has 2 rings (SSSR count). The number of rotatable bonds is 2. The predicted octanol–water partition coefficient (Wildman–Crippen LogP) is 2.26. The van der Waals surface area contributed by atoms with Crippen molar-refractivity contribution < 1.29 is 14.6 Å². The molecule has 1 aliphatic rings. The number of hydrogen-bond acceptors (Lipinski definition) is 4. The molecular formula is C11H12ClIN2O3. The lowest BCUT2D eigenvalue weighted by atomic mass is 10.2. The summed E-state index contributed by atoms with van der Waals surface area (Å²) in [6.07, 6.45) is 0. The SMILES string of the molecule is C[C@@H]1COCCN1c1cc(Cl)c(I)c(C(=O)O)n1. The Bertz CT molecular complexity index is 484. The number of carbonyl (C=O) groups is 1. The molecular weight excluding hydrogens is 370 g/mol. The van der Waals surface area contributed by atoms with Crippen molar-refractivity contribution in [2.75, 3.05) is 24.7 Å². The molecule has 0 aliphatic carbocycles. The molecule has 0 bridgehead atoms. The number of hydrogen-bond donors (Lipinski definition) is 1. The molecule has 18 heavy (non-hydrogen) atoms. The second-order valence-corrected chi connectivity index (χ2v) is 5.53. The first-order valence-corrected chi connectivity index (χ1v) is 6.90. The van der Waals surface area contributed by atoms with E-state index in [4.69, 9.17) is 21.4 Å². The number of morpholine rings is 1. The van der Waals surface area contributed by atoms with Crippen molar-refractivity contribution in [1.29, 1.82) is 0 Å². The smallest absolute Gasteiger partial charge is 0.355 e. The molecule has 0 unspecified atom stereocenters. The Morgan fingerprint density at radius 1 is 1.72 bits per heavy atom. The maximum atomic E-state index is 11.1. The second-order valence-electron chi connectivity index (χ2n) is 4.05. The Labute approximate surface area is 123 Å². The standard InChI is InChI=1S/C11H12ClIN2O3/c1-6-5-18-3-2-15(6)8-4-7(12)9(13)10(14-8)11(16)17/h4,6H,2-3,5H2,1H3,(H,16,17)/t6-/m1/s1. The van der Waals surface area contributed by atoms with Gasteiger partial charge < -0.3 is 14.7 Å². The largest absolute Gasteiger partial charge is 0.476 e. The van der Waals surface area contributed by atoms with Crippen molar-refractivity contribution in [2.24, 2.45) is 0 Å². The predicted molar refractivity (Wildman–Crippen MR) is 76.6 cm³/mol. The minimum Gasteiger partial charge on any atom is -0.476 e. The summed E-state index contributed by atoms with van der Waals surface area (Å²) >= 11 is 7.96. The van der Waals surface area contributed by atoms with E-state index in [-0.39, 0.29) is 11.7 Å². The number of aromatic nitrogens is 1. The van der Waals surface area contributed by atoms with E-state index in [0.29, 0.717) is 34.2 Å². The highest BCUT2D eigenvalue weighted by Gasteiger charge is 2.23. The van der Waals surface area contributed by atoms with Crippen LogP contribution < -0.4 is 4.90 Å². The maximum Gasteiger partial charge on any atom is 0.355 e. The van der Waals surface area contributed by atoms with Crippen molar-refractivity contribution >= 4 is 46.0 Å². The number of nitrogens with zero attached hydrogens (tertiary/aromatic N) is 2. The van der Waals surface area contributed by atoms with Crippen LogP contribution in [0.3, 0.4) is 0 Å². The number of halogens is 2. The quantitative estimate of drug-likeness (QED) is 0.795. The van der Waals surface area contributed by atoms with Gasteiger partial charge in [0.15, 0.2) is 5.69 Å².